The number of halogens is 3. The van der Waals surface area contributed by atoms with E-state index in [1.807, 2.05) is 0 Å². The molecule has 1 N–H and O–H groups in total. The highest BCUT2D eigenvalue weighted by Gasteiger charge is 2.00. The third-order valence-electron chi connectivity index (χ3n) is 2.32. The highest BCUT2D eigenvalue weighted by molar-refractivity contribution is 6.30. The Balaban J connectivity index is 2.02. The minimum atomic E-state index is -0.433. The summed E-state index contributed by atoms with van der Waals surface area (Å²) in [5, 5.41) is 3.19. The molecule has 0 amide bonds. The molecular weight excluding hydrogens is 244 g/mol. The van der Waals surface area contributed by atoms with Gasteiger partial charge in [0.25, 0.3) is 0 Å². The van der Waals surface area contributed by atoms with Crippen LogP contribution in [0.25, 0.3) is 0 Å². The van der Waals surface area contributed by atoms with E-state index in [1.54, 1.807) is 24.3 Å². The molecule has 88 valence electrons. The first-order valence-corrected chi connectivity index (χ1v) is 5.46. The van der Waals surface area contributed by atoms with Gasteiger partial charge in [-0.3, -0.25) is 0 Å². The SMILES string of the molecule is Fc1ccc(NCc2ccc(F)c(Cl)c2)cc1. The number of benzene rings is 2. The van der Waals surface area contributed by atoms with E-state index in [-0.39, 0.29) is 10.8 Å². The highest BCUT2D eigenvalue weighted by atomic mass is 35.5. The molecule has 0 atom stereocenters. The van der Waals surface area contributed by atoms with Crippen LogP contribution in [0.15, 0.2) is 42.5 Å². The summed E-state index contributed by atoms with van der Waals surface area (Å²) in [5.74, 6) is -0.711. The van der Waals surface area contributed by atoms with Crippen LogP contribution in [0.5, 0.6) is 0 Å². The molecule has 0 saturated carbocycles. The van der Waals surface area contributed by atoms with Crippen molar-refractivity contribution in [2.45, 2.75) is 6.54 Å². The third kappa shape index (κ3) is 3.17. The summed E-state index contributed by atoms with van der Waals surface area (Å²) in [7, 11) is 0. The molecule has 0 aliphatic rings. The first-order valence-electron chi connectivity index (χ1n) is 5.08. The molecule has 0 bridgehead atoms. The van der Waals surface area contributed by atoms with Crippen molar-refractivity contribution in [1.82, 2.24) is 0 Å². The monoisotopic (exact) mass is 253 g/mol. The number of anilines is 1. The second kappa shape index (κ2) is 5.15. The van der Waals surface area contributed by atoms with E-state index in [2.05, 4.69) is 5.32 Å². The molecule has 2 aromatic rings. The molecule has 0 heterocycles. The van der Waals surface area contributed by atoms with Crippen molar-refractivity contribution >= 4 is 17.3 Å². The maximum absolute atomic E-state index is 12.9. The minimum absolute atomic E-state index is 0.100. The van der Waals surface area contributed by atoms with E-state index in [4.69, 9.17) is 11.6 Å². The maximum atomic E-state index is 12.9. The lowest BCUT2D eigenvalue weighted by atomic mass is 10.2. The molecule has 0 aliphatic heterocycles. The van der Waals surface area contributed by atoms with Crippen molar-refractivity contribution in [3.8, 4) is 0 Å². The Morgan fingerprint density at radius 1 is 1.00 bits per heavy atom. The van der Waals surface area contributed by atoms with Crippen LogP contribution in [0.4, 0.5) is 14.5 Å². The Bertz CT molecular complexity index is 511. The van der Waals surface area contributed by atoms with Gasteiger partial charge in [0, 0.05) is 12.2 Å². The summed E-state index contributed by atoms with van der Waals surface area (Å²) < 4.78 is 25.6. The normalized spacial score (nSPS) is 10.3. The summed E-state index contributed by atoms with van der Waals surface area (Å²) in [6, 6.07) is 10.6. The summed E-state index contributed by atoms with van der Waals surface area (Å²) in [6.45, 7) is 0.506. The van der Waals surface area contributed by atoms with Crippen molar-refractivity contribution in [2.75, 3.05) is 5.32 Å². The van der Waals surface area contributed by atoms with Crippen LogP contribution in [-0.4, -0.2) is 0 Å². The van der Waals surface area contributed by atoms with Gasteiger partial charge in [0.2, 0.25) is 0 Å². The second-order valence-corrected chi connectivity index (χ2v) is 4.02. The topological polar surface area (TPSA) is 12.0 Å². The quantitative estimate of drug-likeness (QED) is 0.863. The highest BCUT2D eigenvalue weighted by Crippen LogP contribution is 2.17. The predicted octanol–water partition coefficient (Wildman–Crippen LogP) is 4.23. The molecule has 0 unspecified atom stereocenters. The fourth-order valence-corrected chi connectivity index (χ4v) is 1.62. The van der Waals surface area contributed by atoms with Crippen LogP contribution >= 0.6 is 11.6 Å². The molecule has 2 aromatic carbocycles. The second-order valence-electron chi connectivity index (χ2n) is 3.61. The van der Waals surface area contributed by atoms with Crippen molar-refractivity contribution in [3.63, 3.8) is 0 Å². The summed E-state index contributed by atoms with van der Waals surface area (Å²) in [5.41, 5.74) is 1.66. The fourth-order valence-electron chi connectivity index (χ4n) is 1.42. The van der Waals surface area contributed by atoms with E-state index in [0.717, 1.165) is 11.3 Å². The first kappa shape index (κ1) is 11.9. The summed E-state index contributed by atoms with van der Waals surface area (Å²) in [4.78, 5) is 0. The van der Waals surface area contributed by atoms with E-state index in [9.17, 15) is 8.78 Å². The first-order chi connectivity index (χ1) is 8.15. The number of rotatable bonds is 3. The molecular formula is C13H10ClF2N. The largest absolute Gasteiger partial charge is 0.381 e. The Hall–Kier alpha value is -1.61. The zero-order chi connectivity index (χ0) is 12.3. The number of hydrogen-bond acceptors (Lipinski definition) is 1. The van der Waals surface area contributed by atoms with Crippen molar-refractivity contribution < 1.29 is 8.78 Å². The van der Waals surface area contributed by atoms with Crippen LogP contribution in [0.2, 0.25) is 5.02 Å². The van der Waals surface area contributed by atoms with Crippen molar-refractivity contribution in [3.05, 3.63) is 64.7 Å². The third-order valence-corrected chi connectivity index (χ3v) is 2.61. The molecule has 0 radical (unpaired) electrons. The van der Waals surface area contributed by atoms with Gasteiger partial charge >= 0.3 is 0 Å². The standard InChI is InChI=1S/C13H10ClF2N/c14-12-7-9(1-6-13(12)16)8-17-11-4-2-10(15)3-5-11/h1-7,17H,8H2. The minimum Gasteiger partial charge on any atom is -0.381 e. The molecule has 17 heavy (non-hydrogen) atoms. The van der Waals surface area contributed by atoms with Crippen LogP contribution in [-0.2, 0) is 6.54 Å². The maximum Gasteiger partial charge on any atom is 0.141 e. The summed E-state index contributed by atoms with van der Waals surface area (Å²) in [6.07, 6.45) is 0. The predicted molar refractivity (Wildman–Crippen MR) is 65.1 cm³/mol. The smallest absolute Gasteiger partial charge is 0.141 e. The Kier molecular flexibility index (Phi) is 3.59. The van der Waals surface area contributed by atoms with Crippen LogP contribution < -0.4 is 5.32 Å². The molecule has 0 saturated heterocycles. The molecule has 0 aromatic heterocycles. The molecule has 0 fully saturated rings. The van der Waals surface area contributed by atoms with Gasteiger partial charge in [0.15, 0.2) is 0 Å². The Labute approximate surface area is 103 Å². The zero-order valence-electron chi connectivity index (χ0n) is 8.88. The number of hydrogen-bond donors (Lipinski definition) is 1. The van der Waals surface area contributed by atoms with Gasteiger partial charge in [-0.05, 0) is 42.0 Å². The lowest BCUT2D eigenvalue weighted by Crippen LogP contribution is -1.99. The Morgan fingerprint density at radius 2 is 1.71 bits per heavy atom. The van der Waals surface area contributed by atoms with Gasteiger partial charge in [0.1, 0.15) is 11.6 Å². The van der Waals surface area contributed by atoms with Crippen molar-refractivity contribution in [2.24, 2.45) is 0 Å². The molecule has 2 rings (SSSR count). The van der Waals surface area contributed by atoms with Gasteiger partial charge in [-0.15, -0.1) is 0 Å². The van der Waals surface area contributed by atoms with E-state index in [0.29, 0.717) is 6.54 Å². The van der Waals surface area contributed by atoms with Gasteiger partial charge in [-0.2, -0.15) is 0 Å². The fraction of sp³-hybridized carbons (Fsp3) is 0.0769. The molecule has 0 spiro atoms. The van der Waals surface area contributed by atoms with E-state index >= 15 is 0 Å². The lowest BCUT2D eigenvalue weighted by molar-refractivity contribution is 0.627. The zero-order valence-corrected chi connectivity index (χ0v) is 9.64. The average Bonchev–Trinajstić information content (AvgIpc) is 2.33. The van der Waals surface area contributed by atoms with Crippen LogP contribution in [0.3, 0.4) is 0 Å². The molecule has 4 heteroatoms. The van der Waals surface area contributed by atoms with E-state index in [1.165, 1.54) is 18.2 Å². The van der Waals surface area contributed by atoms with Crippen LogP contribution in [0.1, 0.15) is 5.56 Å². The van der Waals surface area contributed by atoms with Gasteiger partial charge in [0.05, 0.1) is 5.02 Å². The lowest BCUT2D eigenvalue weighted by Gasteiger charge is -2.07. The summed E-state index contributed by atoms with van der Waals surface area (Å²) >= 11 is 5.66. The van der Waals surface area contributed by atoms with Gasteiger partial charge < -0.3 is 5.32 Å². The molecule has 1 nitrogen and oxygen atoms in total. The number of nitrogens with one attached hydrogen (secondary N) is 1. The van der Waals surface area contributed by atoms with Gasteiger partial charge in [-0.1, -0.05) is 17.7 Å². The average molecular weight is 254 g/mol. The Morgan fingerprint density at radius 3 is 2.35 bits per heavy atom. The molecule has 0 aliphatic carbocycles. The van der Waals surface area contributed by atoms with Crippen molar-refractivity contribution in [1.29, 1.82) is 0 Å². The van der Waals surface area contributed by atoms with Crippen LogP contribution in [0, 0.1) is 11.6 Å². The van der Waals surface area contributed by atoms with Gasteiger partial charge in [-0.25, -0.2) is 8.78 Å². The van der Waals surface area contributed by atoms with E-state index < -0.39 is 5.82 Å².